The second-order valence-electron chi connectivity index (χ2n) is 8.52. The van der Waals surface area contributed by atoms with Gasteiger partial charge in [-0.15, -0.1) is 0 Å². The van der Waals surface area contributed by atoms with Crippen molar-refractivity contribution in [2.24, 2.45) is 5.92 Å². The topological polar surface area (TPSA) is 51.7 Å². The van der Waals surface area contributed by atoms with Crippen LogP contribution in [0.4, 0.5) is 0 Å². The van der Waals surface area contributed by atoms with E-state index in [9.17, 15) is 4.79 Å². The van der Waals surface area contributed by atoms with Crippen LogP contribution in [0, 0.1) is 5.92 Å². The Hall–Kier alpha value is -2.82. The number of carbonyl (C=O) groups excluding carboxylic acids is 1. The van der Waals surface area contributed by atoms with Crippen molar-refractivity contribution < 1.29 is 14.3 Å². The second-order valence-corrected chi connectivity index (χ2v) is 8.52. The first kappa shape index (κ1) is 19.2. The Morgan fingerprint density at radius 2 is 1.83 bits per heavy atom. The van der Waals surface area contributed by atoms with Crippen LogP contribution in [-0.4, -0.2) is 42.1 Å². The number of fused-ring (bicyclic) bond motifs is 1. The molecule has 1 saturated carbocycles. The second kappa shape index (κ2) is 8.13. The van der Waals surface area contributed by atoms with Gasteiger partial charge in [0.2, 0.25) is 11.8 Å². The molecule has 0 spiro atoms. The summed E-state index contributed by atoms with van der Waals surface area (Å²) in [6.45, 7) is 1.64. The molecule has 0 bridgehead atoms. The van der Waals surface area contributed by atoms with Gasteiger partial charge in [0.25, 0.3) is 0 Å². The van der Waals surface area contributed by atoms with E-state index in [1.54, 1.807) is 13.3 Å². The number of benzene rings is 1. The fraction of sp³-hybridized carbons (Fsp3) is 0.440. The molecule has 2 fully saturated rings. The largest absolute Gasteiger partial charge is 0.490 e. The summed E-state index contributed by atoms with van der Waals surface area (Å²) in [7, 11) is 1.66. The highest BCUT2D eigenvalue weighted by Crippen LogP contribution is 2.32. The van der Waals surface area contributed by atoms with E-state index < -0.39 is 0 Å². The third-order valence-electron chi connectivity index (χ3n) is 6.43. The first-order valence-electron chi connectivity index (χ1n) is 11.0. The number of pyridine rings is 1. The molecule has 1 unspecified atom stereocenters. The number of likely N-dealkylation sites (tertiary alicyclic amines) is 1. The average molecular weight is 405 g/mol. The van der Waals surface area contributed by atoms with Crippen molar-refractivity contribution in [2.45, 2.75) is 44.1 Å². The lowest BCUT2D eigenvalue weighted by atomic mass is 9.91. The van der Waals surface area contributed by atoms with Gasteiger partial charge in [0, 0.05) is 49.2 Å². The number of piperidine rings is 1. The Balaban J connectivity index is 1.21. The van der Waals surface area contributed by atoms with Crippen molar-refractivity contribution in [3.63, 3.8) is 0 Å². The highest BCUT2D eigenvalue weighted by Gasteiger charge is 2.35. The molecule has 2 heterocycles. The van der Waals surface area contributed by atoms with Gasteiger partial charge in [-0.3, -0.25) is 4.79 Å². The monoisotopic (exact) mass is 404 g/mol. The van der Waals surface area contributed by atoms with E-state index in [2.05, 4.69) is 41.4 Å². The van der Waals surface area contributed by atoms with E-state index in [1.165, 1.54) is 10.8 Å². The van der Waals surface area contributed by atoms with Gasteiger partial charge in [-0.05, 0) is 48.2 Å². The molecule has 5 rings (SSSR count). The predicted octanol–water partition coefficient (Wildman–Crippen LogP) is 2.62. The summed E-state index contributed by atoms with van der Waals surface area (Å²) in [5, 5.41) is 2.26. The molecule has 1 atom stereocenters. The lowest BCUT2D eigenvalue weighted by molar-refractivity contribution is -0.134. The van der Waals surface area contributed by atoms with Gasteiger partial charge in [-0.1, -0.05) is 24.3 Å². The predicted molar refractivity (Wildman–Crippen MR) is 116 cm³/mol. The summed E-state index contributed by atoms with van der Waals surface area (Å²) in [5.41, 5.74) is 1.28. The molecule has 5 nitrogen and oxygen atoms in total. The Kier molecular flexibility index (Phi) is 5.19. The van der Waals surface area contributed by atoms with Crippen LogP contribution in [0.1, 0.15) is 43.6 Å². The van der Waals surface area contributed by atoms with Crippen molar-refractivity contribution in [3.05, 3.63) is 52.5 Å². The van der Waals surface area contributed by atoms with Crippen molar-refractivity contribution in [2.75, 3.05) is 20.2 Å². The molecule has 0 N–H and O–H groups in total. The van der Waals surface area contributed by atoms with Gasteiger partial charge in [-0.2, -0.15) is 0 Å². The van der Waals surface area contributed by atoms with Gasteiger partial charge >= 0.3 is 0 Å². The van der Waals surface area contributed by atoms with Crippen LogP contribution in [0.15, 0.2) is 36.5 Å². The summed E-state index contributed by atoms with van der Waals surface area (Å²) in [5.74, 6) is 2.62. The Morgan fingerprint density at radius 1 is 1.07 bits per heavy atom. The summed E-state index contributed by atoms with van der Waals surface area (Å²) in [6, 6.07) is 10.5. The molecule has 2 aromatic rings. The molecule has 30 heavy (non-hydrogen) atoms. The highest BCUT2D eigenvalue weighted by atomic mass is 16.5. The van der Waals surface area contributed by atoms with Crippen LogP contribution >= 0.6 is 0 Å². The minimum absolute atomic E-state index is 0.195. The minimum atomic E-state index is 0.195. The molecule has 1 aromatic heterocycles. The number of ether oxygens (including phenoxy) is 2. The highest BCUT2D eigenvalue weighted by molar-refractivity contribution is 5.81. The van der Waals surface area contributed by atoms with E-state index in [0.29, 0.717) is 23.6 Å². The Labute approximate surface area is 177 Å². The maximum atomic E-state index is 12.2. The van der Waals surface area contributed by atoms with Gasteiger partial charge < -0.3 is 14.4 Å². The minimum Gasteiger partial charge on any atom is -0.490 e. The number of carbonyl (C=O) groups is 1. The van der Waals surface area contributed by atoms with Crippen LogP contribution in [0.25, 0.3) is 12.2 Å². The van der Waals surface area contributed by atoms with E-state index in [4.69, 9.17) is 9.47 Å². The van der Waals surface area contributed by atoms with Crippen LogP contribution < -0.4 is 19.9 Å². The zero-order chi connectivity index (χ0) is 20.5. The van der Waals surface area contributed by atoms with E-state index in [-0.39, 0.29) is 6.10 Å². The van der Waals surface area contributed by atoms with E-state index >= 15 is 0 Å². The van der Waals surface area contributed by atoms with Crippen LogP contribution in [0.2, 0.25) is 0 Å². The molecule has 156 valence electrons. The van der Waals surface area contributed by atoms with Crippen LogP contribution in [-0.2, 0) is 4.79 Å². The normalized spacial score (nSPS) is 21.2. The molecule has 2 aliphatic carbocycles. The standard InChI is InChI=1S/C25H28N2O3/c1-29-24-23-9-6-19(16-20(23)10-13-26-24)17-4-7-21(8-5-17)30-22-11-14-27(15-12-22)25(28)18-2-3-18/h4-5,7-10,13,16,18-19,22H,2-3,6,11-12,14-15H2,1H3. The van der Waals surface area contributed by atoms with Gasteiger partial charge in [0.15, 0.2) is 0 Å². The van der Waals surface area contributed by atoms with Crippen molar-refractivity contribution >= 4 is 18.1 Å². The molecule has 1 aromatic carbocycles. The number of rotatable bonds is 5. The molecular weight excluding hydrogens is 376 g/mol. The quantitative estimate of drug-likeness (QED) is 0.769. The van der Waals surface area contributed by atoms with Crippen molar-refractivity contribution in [1.29, 1.82) is 0 Å². The number of methoxy groups -OCH3 is 1. The Bertz CT molecular complexity index is 1040. The third kappa shape index (κ3) is 3.93. The molecule has 1 amide bonds. The summed E-state index contributed by atoms with van der Waals surface area (Å²) in [6.07, 6.45) is 11.4. The first-order valence-corrected chi connectivity index (χ1v) is 11.0. The van der Waals surface area contributed by atoms with Gasteiger partial charge in [-0.25, -0.2) is 4.98 Å². The molecule has 0 radical (unpaired) electrons. The average Bonchev–Trinajstić information content (AvgIpc) is 3.64. The zero-order valence-electron chi connectivity index (χ0n) is 17.4. The number of hydrogen-bond donors (Lipinski definition) is 0. The van der Waals surface area contributed by atoms with Crippen molar-refractivity contribution in [3.8, 4) is 11.6 Å². The number of nitrogens with zero attached hydrogens (tertiary/aromatic N) is 2. The fourth-order valence-corrected chi connectivity index (χ4v) is 4.51. The Morgan fingerprint density at radius 3 is 2.53 bits per heavy atom. The maximum Gasteiger partial charge on any atom is 0.225 e. The lowest BCUT2D eigenvalue weighted by Crippen LogP contribution is -2.42. The smallest absolute Gasteiger partial charge is 0.225 e. The lowest BCUT2D eigenvalue weighted by Gasteiger charge is -2.32. The van der Waals surface area contributed by atoms with Gasteiger partial charge in [0.05, 0.1) is 7.11 Å². The summed E-state index contributed by atoms with van der Waals surface area (Å²) in [4.78, 5) is 18.5. The van der Waals surface area contributed by atoms with Crippen LogP contribution in [0.5, 0.6) is 11.6 Å². The van der Waals surface area contributed by atoms with E-state index in [0.717, 1.165) is 56.2 Å². The van der Waals surface area contributed by atoms with Crippen molar-refractivity contribution in [1.82, 2.24) is 9.88 Å². The molecule has 3 aliphatic rings. The molecule has 1 aliphatic heterocycles. The fourth-order valence-electron chi connectivity index (χ4n) is 4.51. The van der Waals surface area contributed by atoms with Crippen LogP contribution in [0.3, 0.4) is 0 Å². The number of hydrogen-bond acceptors (Lipinski definition) is 4. The maximum absolute atomic E-state index is 12.2. The zero-order valence-corrected chi connectivity index (χ0v) is 17.4. The molecular formula is C25H28N2O3. The summed E-state index contributed by atoms with van der Waals surface area (Å²) >= 11 is 0. The molecule has 5 heteroatoms. The van der Waals surface area contributed by atoms with E-state index in [1.807, 2.05) is 11.0 Å². The SMILES string of the molecule is COc1nccc2c1=CCC(c1ccc(OC3CCN(C(=O)C4CC4)CC3)cc1)C=2. The van der Waals surface area contributed by atoms with Gasteiger partial charge in [0.1, 0.15) is 11.9 Å². The first-order chi connectivity index (χ1) is 14.7. The number of amides is 1. The summed E-state index contributed by atoms with van der Waals surface area (Å²) < 4.78 is 11.6. The number of aromatic nitrogens is 1. The third-order valence-corrected chi connectivity index (χ3v) is 6.43. The molecule has 1 saturated heterocycles.